The van der Waals surface area contributed by atoms with Crippen molar-refractivity contribution < 1.29 is 9.13 Å². The number of alkyl halides is 1. The number of hydrogen-bond acceptors (Lipinski definition) is 1. The van der Waals surface area contributed by atoms with Crippen LogP contribution < -0.4 is 4.74 Å². The predicted octanol–water partition coefficient (Wildman–Crippen LogP) is 3.78. The smallest absolute Gasteiger partial charge is 0.168 e. The molecular weight excluding hydrogens is 215 g/mol. The molecular formula is C12H16ClFO. The molecule has 1 nitrogen and oxygen atoms in total. The maximum absolute atomic E-state index is 13.7. The molecule has 1 aromatic carbocycles. The molecule has 0 aliphatic carbocycles. The summed E-state index contributed by atoms with van der Waals surface area (Å²) in [5.74, 6) is 0.0371. The van der Waals surface area contributed by atoms with Gasteiger partial charge in [-0.3, -0.25) is 0 Å². The van der Waals surface area contributed by atoms with Crippen molar-refractivity contribution in [3.8, 4) is 5.75 Å². The van der Waals surface area contributed by atoms with Crippen LogP contribution in [0.1, 0.15) is 25.3 Å². The number of ether oxygens (including phenoxy) is 1. The van der Waals surface area contributed by atoms with Crippen LogP contribution in [0.3, 0.4) is 0 Å². The van der Waals surface area contributed by atoms with Crippen LogP contribution in [0.2, 0.25) is 0 Å². The molecule has 1 unspecified atom stereocenters. The zero-order valence-electron chi connectivity index (χ0n) is 9.09. The fourth-order valence-electron chi connectivity index (χ4n) is 1.42. The first-order valence-corrected chi connectivity index (χ1v) is 5.58. The van der Waals surface area contributed by atoms with E-state index in [9.17, 15) is 4.39 Å². The maximum atomic E-state index is 13.7. The van der Waals surface area contributed by atoms with Gasteiger partial charge in [-0.1, -0.05) is 19.1 Å². The highest BCUT2D eigenvalue weighted by atomic mass is 35.5. The van der Waals surface area contributed by atoms with Gasteiger partial charge in [0.2, 0.25) is 0 Å². The molecule has 1 atom stereocenters. The fourth-order valence-corrected chi connectivity index (χ4v) is 1.53. The van der Waals surface area contributed by atoms with Gasteiger partial charge >= 0.3 is 0 Å². The van der Waals surface area contributed by atoms with Crippen molar-refractivity contribution in [3.05, 3.63) is 29.6 Å². The van der Waals surface area contributed by atoms with E-state index in [-0.39, 0.29) is 11.2 Å². The number of rotatable bonds is 5. The van der Waals surface area contributed by atoms with Crippen LogP contribution in [0.4, 0.5) is 4.39 Å². The van der Waals surface area contributed by atoms with Crippen LogP contribution in [0.15, 0.2) is 18.2 Å². The van der Waals surface area contributed by atoms with Crippen molar-refractivity contribution in [2.45, 2.75) is 31.6 Å². The number of methoxy groups -OCH3 is 1. The topological polar surface area (TPSA) is 9.23 Å². The zero-order valence-corrected chi connectivity index (χ0v) is 9.85. The second kappa shape index (κ2) is 5.96. The molecule has 0 aliphatic heterocycles. The molecule has 0 saturated carbocycles. The predicted molar refractivity (Wildman–Crippen MR) is 61.2 cm³/mol. The highest BCUT2D eigenvalue weighted by molar-refractivity contribution is 6.20. The van der Waals surface area contributed by atoms with Crippen molar-refractivity contribution in [2.24, 2.45) is 0 Å². The molecule has 3 heteroatoms. The maximum Gasteiger partial charge on any atom is 0.168 e. The summed E-state index contributed by atoms with van der Waals surface area (Å²) in [6, 6.07) is 5.19. The van der Waals surface area contributed by atoms with E-state index >= 15 is 0 Å². The molecule has 0 aliphatic rings. The first kappa shape index (κ1) is 12.3. The van der Waals surface area contributed by atoms with Gasteiger partial charge in [-0.25, -0.2) is 4.39 Å². The van der Waals surface area contributed by atoms with Gasteiger partial charge in [0.25, 0.3) is 0 Å². The first-order chi connectivity index (χ1) is 7.19. The van der Waals surface area contributed by atoms with Crippen molar-refractivity contribution >= 4 is 11.6 Å². The van der Waals surface area contributed by atoms with Gasteiger partial charge in [0.05, 0.1) is 7.11 Å². The fraction of sp³-hybridized carbons (Fsp3) is 0.500. The van der Waals surface area contributed by atoms with Crippen LogP contribution in [0.5, 0.6) is 5.75 Å². The van der Waals surface area contributed by atoms with Gasteiger partial charge < -0.3 is 4.74 Å². The van der Waals surface area contributed by atoms with Crippen LogP contribution in [-0.2, 0) is 6.42 Å². The van der Waals surface area contributed by atoms with Crippen molar-refractivity contribution in [3.63, 3.8) is 0 Å². The Hall–Kier alpha value is -0.760. The summed E-state index contributed by atoms with van der Waals surface area (Å²) < 4.78 is 18.6. The Morgan fingerprint density at radius 3 is 2.80 bits per heavy atom. The third-order valence-electron chi connectivity index (χ3n) is 2.43. The number of benzene rings is 1. The van der Waals surface area contributed by atoms with E-state index in [0.29, 0.717) is 17.7 Å². The van der Waals surface area contributed by atoms with E-state index in [4.69, 9.17) is 16.3 Å². The van der Waals surface area contributed by atoms with E-state index in [1.165, 1.54) is 7.11 Å². The van der Waals surface area contributed by atoms with Gasteiger partial charge in [-0.05, 0) is 30.9 Å². The largest absolute Gasteiger partial charge is 0.494 e. The Morgan fingerprint density at radius 1 is 1.47 bits per heavy atom. The molecule has 0 heterocycles. The van der Waals surface area contributed by atoms with E-state index in [0.717, 1.165) is 12.8 Å². The van der Waals surface area contributed by atoms with Crippen molar-refractivity contribution in [2.75, 3.05) is 7.11 Å². The number of halogens is 2. The molecule has 0 radical (unpaired) electrons. The Labute approximate surface area is 95.2 Å². The minimum Gasteiger partial charge on any atom is -0.494 e. The van der Waals surface area contributed by atoms with Gasteiger partial charge in [0, 0.05) is 5.38 Å². The molecule has 0 amide bonds. The van der Waals surface area contributed by atoms with E-state index in [1.54, 1.807) is 18.2 Å². The molecule has 0 N–H and O–H groups in total. The van der Waals surface area contributed by atoms with Gasteiger partial charge in [0.15, 0.2) is 11.6 Å². The SMILES string of the molecule is CCC(Cl)CCc1cccc(OC)c1F. The summed E-state index contributed by atoms with van der Waals surface area (Å²) in [6.07, 6.45) is 2.36. The number of aryl methyl sites for hydroxylation is 1. The van der Waals surface area contributed by atoms with E-state index in [2.05, 4.69) is 0 Å². The highest BCUT2D eigenvalue weighted by Gasteiger charge is 2.09. The normalized spacial score (nSPS) is 12.5. The standard InChI is InChI=1S/C12H16ClFO/c1-3-10(13)8-7-9-5-4-6-11(15-2)12(9)14/h4-6,10H,3,7-8H2,1-2H3. The van der Waals surface area contributed by atoms with Crippen LogP contribution in [0.25, 0.3) is 0 Å². The van der Waals surface area contributed by atoms with E-state index in [1.807, 2.05) is 6.92 Å². The van der Waals surface area contributed by atoms with E-state index < -0.39 is 0 Å². The van der Waals surface area contributed by atoms with Crippen molar-refractivity contribution in [1.82, 2.24) is 0 Å². The third-order valence-corrected chi connectivity index (χ3v) is 2.96. The molecule has 1 rings (SSSR count). The van der Waals surface area contributed by atoms with Gasteiger partial charge in [0.1, 0.15) is 0 Å². The molecule has 0 spiro atoms. The molecule has 15 heavy (non-hydrogen) atoms. The third kappa shape index (κ3) is 3.38. The Morgan fingerprint density at radius 2 is 2.20 bits per heavy atom. The second-order valence-electron chi connectivity index (χ2n) is 3.48. The molecule has 1 aromatic rings. The second-order valence-corrected chi connectivity index (χ2v) is 4.09. The summed E-state index contributed by atoms with van der Waals surface area (Å²) in [5.41, 5.74) is 0.674. The molecule has 0 saturated heterocycles. The summed E-state index contributed by atoms with van der Waals surface area (Å²) in [4.78, 5) is 0. The lowest BCUT2D eigenvalue weighted by atomic mass is 10.1. The lowest BCUT2D eigenvalue weighted by molar-refractivity contribution is 0.384. The molecule has 0 fully saturated rings. The molecule has 84 valence electrons. The van der Waals surface area contributed by atoms with Gasteiger partial charge in [-0.2, -0.15) is 0 Å². The highest BCUT2D eigenvalue weighted by Crippen LogP contribution is 2.22. The average molecular weight is 231 g/mol. The first-order valence-electron chi connectivity index (χ1n) is 5.14. The Balaban J connectivity index is 2.68. The Bertz CT molecular complexity index is 314. The zero-order chi connectivity index (χ0) is 11.3. The summed E-state index contributed by atoms with van der Waals surface area (Å²) in [6.45, 7) is 2.03. The average Bonchev–Trinajstić information content (AvgIpc) is 2.27. The summed E-state index contributed by atoms with van der Waals surface area (Å²) in [5, 5.41) is 0.121. The number of hydrogen-bond donors (Lipinski definition) is 0. The minimum absolute atomic E-state index is 0.121. The molecule has 0 bridgehead atoms. The monoisotopic (exact) mass is 230 g/mol. The quantitative estimate of drug-likeness (QED) is 0.700. The lowest BCUT2D eigenvalue weighted by Gasteiger charge is -2.09. The van der Waals surface area contributed by atoms with Crippen LogP contribution in [0, 0.1) is 5.82 Å². The van der Waals surface area contributed by atoms with Crippen LogP contribution in [-0.4, -0.2) is 12.5 Å². The van der Waals surface area contributed by atoms with Crippen LogP contribution >= 0.6 is 11.6 Å². The minimum atomic E-state index is -0.264. The van der Waals surface area contributed by atoms with Crippen molar-refractivity contribution in [1.29, 1.82) is 0 Å². The lowest BCUT2D eigenvalue weighted by Crippen LogP contribution is -2.01. The molecule has 0 aromatic heterocycles. The summed E-state index contributed by atoms with van der Waals surface area (Å²) in [7, 11) is 1.47. The Kier molecular flexibility index (Phi) is 4.89. The summed E-state index contributed by atoms with van der Waals surface area (Å²) >= 11 is 5.99. The van der Waals surface area contributed by atoms with Gasteiger partial charge in [-0.15, -0.1) is 11.6 Å².